The SMILES string of the molecule is CCC(C)(C)c1cccc(C(C)(C)C)c1. The molecular weight excluding hydrogens is 180 g/mol. The molecule has 15 heavy (non-hydrogen) atoms. The van der Waals surface area contributed by atoms with Crippen molar-refractivity contribution in [2.45, 2.75) is 58.8 Å². The van der Waals surface area contributed by atoms with Crippen molar-refractivity contribution in [2.24, 2.45) is 0 Å². The molecule has 0 atom stereocenters. The van der Waals surface area contributed by atoms with E-state index < -0.39 is 0 Å². The highest BCUT2D eigenvalue weighted by atomic mass is 14.3. The maximum Gasteiger partial charge on any atom is -0.0106 e. The van der Waals surface area contributed by atoms with Gasteiger partial charge >= 0.3 is 0 Å². The third-order valence-corrected chi connectivity index (χ3v) is 3.39. The molecule has 0 aromatic heterocycles. The molecule has 0 saturated carbocycles. The van der Waals surface area contributed by atoms with Crippen LogP contribution in [0.2, 0.25) is 0 Å². The minimum Gasteiger partial charge on any atom is -0.0646 e. The molecule has 0 heteroatoms. The lowest BCUT2D eigenvalue weighted by Crippen LogP contribution is -2.18. The Balaban J connectivity index is 3.14. The Labute approximate surface area is 94.7 Å². The van der Waals surface area contributed by atoms with Crippen LogP contribution in [0, 0.1) is 0 Å². The van der Waals surface area contributed by atoms with Gasteiger partial charge in [0.15, 0.2) is 0 Å². The summed E-state index contributed by atoms with van der Waals surface area (Å²) in [5, 5.41) is 0. The van der Waals surface area contributed by atoms with Gasteiger partial charge in [0.25, 0.3) is 0 Å². The molecule has 0 aliphatic heterocycles. The molecule has 1 rings (SSSR count). The first-order chi connectivity index (χ1) is 6.77. The second-order valence-corrected chi connectivity index (χ2v) is 6.07. The maximum atomic E-state index is 2.36. The van der Waals surface area contributed by atoms with Gasteiger partial charge in [0.1, 0.15) is 0 Å². The normalized spacial score (nSPS) is 12.9. The Hall–Kier alpha value is -0.780. The fraction of sp³-hybridized carbons (Fsp3) is 0.600. The summed E-state index contributed by atoms with van der Waals surface area (Å²) in [6.07, 6.45) is 1.18. The summed E-state index contributed by atoms with van der Waals surface area (Å²) >= 11 is 0. The number of hydrogen-bond acceptors (Lipinski definition) is 0. The van der Waals surface area contributed by atoms with Gasteiger partial charge in [-0.15, -0.1) is 0 Å². The summed E-state index contributed by atoms with van der Waals surface area (Å²) in [5.41, 5.74) is 3.43. The van der Waals surface area contributed by atoms with Crippen LogP contribution in [0.15, 0.2) is 24.3 Å². The van der Waals surface area contributed by atoms with Gasteiger partial charge < -0.3 is 0 Å². The zero-order chi connectivity index (χ0) is 11.7. The lowest BCUT2D eigenvalue weighted by Gasteiger charge is -2.26. The largest absolute Gasteiger partial charge is 0.0646 e. The van der Waals surface area contributed by atoms with Crippen molar-refractivity contribution < 1.29 is 0 Å². The minimum absolute atomic E-state index is 0.250. The molecular formula is C15H24. The van der Waals surface area contributed by atoms with Crippen molar-refractivity contribution >= 4 is 0 Å². The monoisotopic (exact) mass is 204 g/mol. The first-order valence-electron chi connectivity index (χ1n) is 5.88. The third-order valence-electron chi connectivity index (χ3n) is 3.39. The van der Waals surface area contributed by atoms with Crippen LogP contribution >= 0.6 is 0 Å². The molecule has 0 saturated heterocycles. The van der Waals surface area contributed by atoms with E-state index in [1.165, 1.54) is 17.5 Å². The van der Waals surface area contributed by atoms with Crippen LogP contribution in [0.5, 0.6) is 0 Å². The van der Waals surface area contributed by atoms with Crippen LogP contribution in [0.25, 0.3) is 0 Å². The molecule has 1 aromatic carbocycles. The molecule has 0 amide bonds. The third kappa shape index (κ3) is 2.84. The molecule has 1 aromatic rings. The molecule has 0 N–H and O–H groups in total. The van der Waals surface area contributed by atoms with Crippen molar-refractivity contribution in [1.82, 2.24) is 0 Å². The van der Waals surface area contributed by atoms with Crippen molar-refractivity contribution in [3.63, 3.8) is 0 Å². The van der Waals surface area contributed by atoms with Crippen molar-refractivity contribution in [3.8, 4) is 0 Å². The first-order valence-corrected chi connectivity index (χ1v) is 5.88. The van der Waals surface area contributed by atoms with Crippen LogP contribution in [0.3, 0.4) is 0 Å². The molecule has 0 fully saturated rings. The summed E-state index contributed by atoms with van der Waals surface area (Å²) in [6, 6.07) is 9.03. The Morgan fingerprint density at radius 3 is 1.93 bits per heavy atom. The Morgan fingerprint density at radius 1 is 0.933 bits per heavy atom. The summed E-state index contributed by atoms with van der Waals surface area (Å²) in [4.78, 5) is 0. The van der Waals surface area contributed by atoms with E-state index in [9.17, 15) is 0 Å². The highest BCUT2D eigenvalue weighted by Gasteiger charge is 2.20. The van der Waals surface area contributed by atoms with Gasteiger partial charge in [-0.2, -0.15) is 0 Å². The number of benzene rings is 1. The van der Waals surface area contributed by atoms with Crippen molar-refractivity contribution in [3.05, 3.63) is 35.4 Å². The minimum atomic E-state index is 0.250. The molecule has 0 heterocycles. The predicted molar refractivity (Wildman–Crippen MR) is 68.5 cm³/mol. The van der Waals surface area contributed by atoms with Gasteiger partial charge in [0.2, 0.25) is 0 Å². The zero-order valence-corrected chi connectivity index (χ0v) is 11.0. The molecule has 84 valence electrons. The van der Waals surface area contributed by atoms with E-state index in [1.54, 1.807) is 0 Å². The van der Waals surface area contributed by atoms with E-state index in [4.69, 9.17) is 0 Å². The van der Waals surface area contributed by atoms with Crippen LogP contribution in [-0.4, -0.2) is 0 Å². The second-order valence-electron chi connectivity index (χ2n) is 6.07. The summed E-state index contributed by atoms with van der Waals surface area (Å²) in [5.74, 6) is 0. The fourth-order valence-corrected chi connectivity index (χ4v) is 1.61. The van der Waals surface area contributed by atoms with Gasteiger partial charge in [-0.3, -0.25) is 0 Å². The number of hydrogen-bond donors (Lipinski definition) is 0. The topological polar surface area (TPSA) is 0 Å². The first kappa shape index (κ1) is 12.3. The number of rotatable bonds is 2. The molecule has 0 aliphatic rings. The lowest BCUT2D eigenvalue weighted by molar-refractivity contribution is 0.502. The molecule has 0 radical (unpaired) electrons. The summed E-state index contributed by atoms with van der Waals surface area (Å²) < 4.78 is 0. The average Bonchev–Trinajstić information content (AvgIpc) is 2.17. The lowest BCUT2D eigenvalue weighted by atomic mass is 9.78. The summed E-state index contributed by atoms with van der Waals surface area (Å²) in [6.45, 7) is 13.7. The zero-order valence-electron chi connectivity index (χ0n) is 11.0. The maximum absolute atomic E-state index is 2.36. The van der Waals surface area contributed by atoms with Gasteiger partial charge in [-0.1, -0.05) is 65.8 Å². The Morgan fingerprint density at radius 2 is 1.47 bits per heavy atom. The van der Waals surface area contributed by atoms with Crippen LogP contribution in [0.4, 0.5) is 0 Å². The smallest absolute Gasteiger partial charge is 0.0106 e. The highest BCUT2D eigenvalue weighted by Crippen LogP contribution is 2.30. The quantitative estimate of drug-likeness (QED) is 0.656. The van der Waals surface area contributed by atoms with Crippen molar-refractivity contribution in [2.75, 3.05) is 0 Å². The van der Waals surface area contributed by atoms with E-state index >= 15 is 0 Å². The predicted octanol–water partition coefficient (Wildman–Crippen LogP) is 4.67. The van der Waals surface area contributed by atoms with Gasteiger partial charge in [-0.25, -0.2) is 0 Å². The Bertz CT molecular complexity index is 326. The van der Waals surface area contributed by atoms with Crippen LogP contribution < -0.4 is 0 Å². The molecule has 0 unspecified atom stereocenters. The highest BCUT2D eigenvalue weighted by molar-refractivity contribution is 5.32. The molecule has 0 nitrogen and oxygen atoms in total. The standard InChI is InChI=1S/C15H24/c1-7-15(5,6)13-10-8-9-12(11-13)14(2,3)4/h8-11H,7H2,1-6H3. The van der Waals surface area contributed by atoms with E-state index in [2.05, 4.69) is 65.8 Å². The molecule has 0 bridgehead atoms. The van der Waals surface area contributed by atoms with E-state index in [0.29, 0.717) is 5.41 Å². The van der Waals surface area contributed by atoms with E-state index in [0.717, 1.165) is 0 Å². The molecule has 0 spiro atoms. The summed E-state index contributed by atoms with van der Waals surface area (Å²) in [7, 11) is 0. The van der Waals surface area contributed by atoms with Crippen molar-refractivity contribution in [1.29, 1.82) is 0 Å². The van der Waals surface area contributed by atoms with Gasteiger partial charge in [0, 0.05) is 0 Å². The average molecular weight is 204 g/mol. The van der Waals surface area contributed by atoms with Crippen LogP contribution in [0.1, 0.15) is 59.1 Å². The van der Waals surface area contributed by atoms with E-state index in [1.807, 2.05) is 0 Å². The van der Waals surface area contributed by atoms with Crippen LogP contribution in [-0.2, 0) is 10.8 Å². The molecule has 0 aliphatic carbocycles. The van der Waals surface area contributed by atoms with Gasteiger partial charge in [0.05, 0.1) is 0 Å². The second kappa shape index (κ2) is 4.00. The van der Waals surface area contributed by atoms with E-state index in [-0.39, 0.29) is 5.41 Å². The van der Waals surface area contributed by atoms with Gasteiger partial charge in [-0.05, 0) is 28.4 Å². The fourth-order valence-electron chi connectivity index (χ4n) is 1.61. The Kier molecular flexibility index (Phi) is 3.28.